The summed E-state index contributed by atoms with van der Waals surface area (Å²) in [4.78, 5) is 12.7. The SMILES string of the molecule is COc1ccc([C@]2([C@H](c3ccccc3)[C@@H](C(=O)O)[C@@H](O)CO)Cc3c(OC)cc(OC)cc3O2)cc1. The largest absolute Gasteiger partial charge is 0.497 e. The zero-order chi connectivity index (χ0) is 25.9. The van der Waals surface area contributed by atoms with Crippen LogP contribution in [0.2, 0.25) is 0 Å². The fourth-order valence-electron chi connectivity index (χ4n) is 5.11. The number of carboxylic acid groups (broad SMARTS) is 1. The molecule has 3 aromatic rings. The van der Waals surface area contributed by atoms with Crippen molar-refractivity contribution in [3.05, 3.63) is 83.4 Å². The summed E-state index contributed by atoms with van der Waals surface area (Å²) in [5, 5.41) is 30.9. The number of methoxy groups -OCH3 is 3. The highest BCUT2D eigenvalue weighted by Crippen LogP contribution is 2.55. The van der Waals surface area contributed by atoms with E-state index in [-0.39, 0.29) is 6.42 Å². The van der Waals surface area contributed by atoms with Crippen molar-refractivity contribution in [1.29, 1.82) is 0 Å². The van der Waals surface area contributed by atoms with Crippen molar-refractivity contribution in [1.82, 2.24) is 0 Å². The van der Waals surface area contributed by atoms with Crippen molar-refractivity contribution < 1.29 is 39.1 Å². The molecule has 4 rings (SSSR count). The van der Waals surface area contributed by atoms with E-state index in [1.165, 1.54) is 7.11 Å². The van der Waals surface area contributed by atoms with Gasteiger partial charge in [-0.25, -0.2) is 0 Å². The van der Waals surface area contributed by atoms with Gasteiger partial charge in [0, 0.05) is 30.0 Å². The monoisotopic (exact) mass is 494 g/mol. The predicted octanol–water partition coefficient (Wildman–Crippen LogP) is 3.38. The lowest BCUT2D eigenvalue weighted by Gasteiger charge is -2.42. The van der Waals surface area contributed by atoms with Crippen LogP contribution in [0.15, 0.2) is 66.7 Å². The van der Waals surface area contributed by atoms with E-state index < -0.39 is 36.1 Å². The van der Waals surface area contributed by atoms with Crippen LogP contribution in [-0.2, 0) is 16.8 Å². The van der Waals surface area contributed by atoms with Crippen molar-refractivity contribution in [2.45, 2.75) is 24.0 Å². The molecular weight excluding hydrogens is 464 g/mol. The van der Waals surface area contributed by atoms with Crippen LogP contribution in [0.4, 0.5) is 0 Å². The normalized spacial score (nSPS) is 18.9. The van der Waals surface area contributed by atoms with Crippen molar-refractivity contribution in [3.63, 3.8) is 0 Å². The molecule has 0 saturated heterocycles. The molecule has 3 aromatic carbocycles. The Labute approximate surface area is 209 Å². The van der Waals surface area contributed by atoms with Crippen molar-refractivity contribution >= 4 is 5.97 Å². The van der Waals surface area contributed by atoms with Gasteiger partial charge in [0.25, 0.3) is 0 Å². The Morgan fingerprint density at radius 2 is 1.64 bits per heavy atom. The third-order valence-corrected chi connectivity index (χ3v) is 6.81. The number of hydrogen-bond acceptors (Lipinski definition) is 7. The maximum Gasteiger partial charge on any atom is 0.310 e. The van der Waals surface area contributed by atoms with Crippen LogP contribution in [0.3, 0.4) is 0 Å². The highest BCUT2D eigenvalue weighted by atomic mass is 16.5. The lowest BCUT2D eigenvalue weighted by atomic mass is 9.67. The van der Waals surface area contributed by atoms with Crippen LogP contribution >= 0.6 is 0 Å². The van der Waals surface area contributed by atoms with E-state index in [1.807, 2.05) is 18.2 Å². The molecule has 0 aromatic heterocycles. The Morgan fingerprint density at radius 1 is 0.972 bits per heavy atom. The topological polar surface area (TPSA) is 115 Å². The van der Waals surface area contributed by atoms with Crippen LogP contribution in [0.25, 0.3) is 0 Å². The average molecular weight is 495 g/mol. The Morgan fingerprint density at radius 3 is 2.19 bits per heavy atom. The summed E-state index contributed by atoms with van der Waals surface area (Å²) in [6.07, 6.45) is -1.28. The number of rotatable bonds is 10. The van der Waals surface area contributed by atoms with Gasteiger partial charge in [-0.2, -0.15) is 0 Å². The molecule has 1 heterocycles. The van der Waals surface area contributed by atoms with E-state index in [4.69, 9.17) is 18.9 Å². The highest BCUT2D eigenvalue weighted by Gasteiger charge is 2.55. The second-order valence-electron chi connectivity index (χ2n) is 8.71. The van der Waals surface area contributed by atoms with Crippen LogP contribution in [0.1, 0.15) is 22.6 Å². The van der Waals surface area contributed by atoms with Gasteiger partial charge < -0.3 is 34.3 Å². The van der Waals surface area contributed by atoms with E-state index in [1.54, 1.807) is 62.8 Å². The molecule has 0 radical (unpaired) electrons. The van der Waals surface area contributed by atoms with Crippen LogP contribution in [0.5, 0.6) is 23.0 Å². The number of aliphatic hydroxyl groups excluding tert-OH is 2. The zero-order valence-corrected chi connectivity index (χ0v) is 20.4. The van der Waals surface area contributed by atoms with Gasteiger partial charge in [0.1, 0.15) is 28.6 Å². The molecule has 0 amide bonds. The average Bonchev–Trinajstić information content (AvgIpc) is 3.31. The molecule has 1 aliphatic heterocycles. The zero-order valence-electron chi connectivity index (χ0n) is 20.4. The van der Waals surface area contributed by atoms with Crippen LogP contribution in [0, 0.1) is 5.92 Å². The van der Waals surface area contributed by atoms with Gasteiger partial charge in [0.2, 0.25) is 0 Å². The summed E-state index contributed by atoms with van der Waals surface area (Å²) in [6.45, 7) is -0.719. The first-order valence-corrected chi connectivity index (χ1v) is 11.5. The Hall–Kier alpha value is -3.75. The molecular formula is C28H30O8. The number of benzene rings is 3. The van der Waals surface area contributed by atoms with Crippen molar-refractivity contribution in [2.75, 3.05) is 27.9 Å². The molecule has 0 spiro atoms. The smallest absolute Gasteiger partial charge is 0.310 e. The van der Waals surface area contributed by atoms with E-state index in [0.29, 0.717) is 34.1 Å². The minimum Gasteiger partial charge on any atom is -0.497 e. The summed E-state index contributed by atoms with van der Waals surface area (Å²) in [6, 6.07) is 19.8. The number of aliphatic hydroxyl groups is 2. The molecule has 190 valence electrons. The maximum absolute atomic E-state index is 12.7. The summed E-state index contributed by atoms with van der Waals surface area (Å²) in [7, 11) is 4.65. The number of carboxylic acids is 1. The molecule has 36 heavy (non-hydrogen) atoms. The number of carbonyl (C=O) groups is 1. The van der Waals surface area contributed by atoms with Gasteiger partial charge in [-0.15, -0.1) is 0 Å². The summed E-state index contributed by atoms with van der Waals surface area (Å²) >= 11 is 0. The first kappa shape index (κ1) is 25.3. The second-order valence-corrected chi connectivity index (χ2v) is 8.71. The van der Waals surface area contributed by atoms with Gasteiger partial charge in [-0.3, -0.25) is 4.79 Å². The number of ether oxygens (including phenoxy) is 4. The van der Waals surface area contributed by atoms with Crippen LogP contribution < -0.4 is 18.9 Å². The minimum atomic E-state index is -1.54. The molecule has 8 heteroatoms. The number of fused-ring (bicyclic) bond motifs is 1. The highest BCUT2D eigenvalue weighted by molar-refractivity contribution is 5.73. The maximum atomic E-state index is 12.7. The molecule has 1 aliphatic rings. The van der Waals surface area contributed by atoms with Gasteiger partial charge >= 0.3 is 5.97 Å². The van der Waals surface area contributed by atoms with Crippen molar-refractivity contribution in [3.8, 4) is 23.0 Å². The van der Waals surface area contributed by atoms with Gasteiger partial charge in [0.05, 0.1) is 40.0 Å². The van der Waals surface area contributed by atoms with Crippen LogP contribution in [-0.4, -0.2) is 55.3 Å². The van der Waals surface area contributed by atoms with Crippen molar-refractivity contribution in [2.24, 2.45) is 5.92 Å². The van der Waals surface area contributed by atoms with E-state index >= 15 is 0 Å². The lowest BCUT2D eigenvalue weighted by Crippen LogP contribution is -2.48. The first-order valence-electron chi connectivity index (χ1n) is 11.5. The van der Waals surface area contributed by atoms with Gasteiger partial charge in [0.15, 0.2) is 0 Å². The summed E-state index contributed by atoms with van der Waals surface area (Å²) < 4.78 is 23.1. The first-order chi connectivity index (χ1) is 17.4. The van der Waals surface area contributed by atoms with Gasteiger partial charge in [-0.1, -0.05) is 42.5 Å². The molecule has 0 fully saturated rings. The molecule has 3 N–H and O–H groups in total. The molecule has 0 unspecified atom stereocenters. The number of hydrogen-bond donors (Lipinski definition) is 3. The predicted molar refractivity (Wildman–Crippen MR) is 132 cm³/mol. The Kier molecular flexibility index (Phi) is 7.37. The fourth-order valence-corrected chi connectivity index (χ4v) is 5.11. The van der Waals surface area contributed by atoms with E-state index in [9.17, 15) is 20.1 Å². The second kappa shape index (κ2) is 10.5. The summed E-state index contributed by atoms with van der Waals surface area (Å²) in [5.74, 6) is -1.34. The van der Waals surface area contributed by atoms with E-state index in [2.05, 4.69) is 0 Å². The third kappa shape index (κ3) is 4.45. The number of aliphatic carboxylic acids is 1. The third-order valence-electron chi connectivity index (χ3n) is 6.81. The lowest BCUT2D eigenvalue weighted by molar-refractivity contribution is -0.152. The molecule has 4 atom stereocenters. The van der Waals surface area contributed by atoms with E-state index in [0.717, 1.165) is 5.56 Å². The summed E-state index contributed by atoms with van der Waals surface area (Å²) in [5.41, 5.74) is 0.810. The molecule has 8 nitrogen and oxygen atoms in total. The fraction of sp³-hybridized carbons (Fsp3) is 0.321. The Balaban J connectivity index is 2.01. The Bertz CT molecular complexity index is 1190. The molecule has 0 bridgehead atoms. The molecule has 0 saturated carbocycles. The standard InChI is InChI=1S/C28H30O8/c1-33-19-11-9-18(10-12-19)28(15-21-23(35-3)13-20(34-2)14-24(21)36-28)26(17-7-5-4-6-8-17)25(27(31)32)22(30)16-29/h4-14,22,25-26,29-30H,15-16H2,1-3H3,(H,31,32)/t22-,25-,26+,28-/m0/s1. The molecule has 0 aliphatic carbocycles. The van der Waals surface area contributed by atoms with Gasteiger partial charge in [-0.05, 0) is 23.3 Å². The minimum absolute atomic E-state index is 0.253. The quantitative estimate of drug-likeness (QED) is 0.393.